The molecule has 0 radical (unpaired) electrons. The molecule has 0 fully saturated rings. The summed E-state index contributed by atoms with van der Waals surface area (Å²) in [6, 6.07) is 0. The van der Waals surface area contributed by atoms with Crippen molar-refractivity contribution in [3.05, 3.63) is 0 Å². The molecule has 4 N–H and O–H groups in total. The zero-order valence-corrected chi connectivity index (χ0v) is 11.0. The Morgan fingerprint density at radius 3 is 2.00 bits per heavy atom. The Morgan fingerprint density at radius 1 is 1.58 bits per heavy atom. The minimum atomic E-state index is -0.993. The van der Waals surface area contributed by atoms with Crippen LogP contribution in [0.2, 0.25) is 0 Å². The Balaban J connectivity index is -0.000000107. The molecule has 0 saturated heterocycles. The van der Waals surface area contributed by atoms with Crippen molar-refractivity contribution in [3.8, 4) is 0 Å². The number of hydrogen-bond acceptors (Lipinski definition) is 2. The molecule has 0 atom stereocenters. The molecular formula is C4H9Cl2N3O2Zn. The van der Waals surface area contributed by atoms with Crippen LogP contribution in [0.15, 0.2) is 0 Å². The molecule has 0 heterocycles. The van der Waals surface area contributed by atoms with E-state index in [0.717, 1.165) is 4.90 Å². The first-order valence-electron chi connectivity index (χ1n) is 2.31. The summed E-state index contributed by atoms with van der Waals surface area (Å²) in [5, 5.41) is 14.9. The van der Waals surface area contributed by atoms with E-state index in [1.165, 1.54) is 7.05 Å². The second-order valence-electron chi connectivity index (χ2n) is 1.64. The molecule has 0 saturated carbocycles. The van der Waals surface area contributed by atoms with Gasteiger partial charge in [-0.15, -0.1) is 0 Å². The summed E-state index contributed by atoms with van der Waals surface area (Å²) in [6.45, 7) is -0.227. The molecule has 0 aliphatic heterocycles. The van der Waals surface area contributed by atoms with Crippen molar-refractivity contribution in [2.75, 3.05) is 13.6 Å². The van der Waals surface area contributed by atoms with E-state index in [1.54, 1.807) is 0 Å². The van der Waals surface area contributed by atoms with Crippen LogP contribution < -0.4 is 30.5 Å². The van der Waals surface area contributed by atoms with E-state index in [1.807, 2.05) is 0 Å². The summed E-state index contributed by atoms with van der Waals surface area (Å²) >= 11 is 0. The Morgan fingerprint density at radius 2 is 1.92 bits per heavy atom. The van der Waals surface area contributed by atoms with E-state index in [0.29, 0.717) is 0 Å². The fourth-order valence-corrected chi connectivity index (χ4v) is 0.288. The molecule has 0 aliphatic carbocycles. The van der Waals surface area contributed by atoms with Gasteiger partial charge in [0.2, 0.25) is 0 Å². The number of carboxylic acid groups (broad SMARTS) is 1. The minimum absolute atomic E-state index is 0. The van der Waals surface area contributed by atoms with Crippen molar-refractivity contribution < 1.29 is 54.2 Å². The molecule has 0 aliphatic rings. The van der Waals surface area contributed by atoms with E-state index >= 15 is 0 Å². The van der Waals surface area contributed by atoms with Gasteiger partial charge in [0.25, 0.3) is 0 Å². The Bertz CT molecular complexity index is 146. The van der Waals surface area contributed by atoms with Crippen LogP contribution in [0.3, 0.4) is 0 Å². The number of guanidine groups is 1. The second kappa shape index (κ2) is 10.9. The number of nitrogens with one attached hydrogen (secondary N) is 1. The first kappa shape index (κ1) is 22.7. The predicted octanol–water partition coefficient (Wildman–Crippen LogP) is -7.10. The molecule has 0 amide bonds. The predicted molar refractivity (Wildman–Crippen MR) is 32.2 cm³/mol. The van der Waals surface area contributed by atoms with Crippen LogP contribution in [0, 0.1) is 5.41 Å². The van der Waals surface area contributed by atoms with Gasteiger partial charge in [0.1, 0.15) is 6.54 Å². The zero-order valence-electron chi connectivity index (χ0n) is 6.55. The van der Waals surface area contributed by atoms with Gasteiger partial charge in [-0.25, -0.2) is 0 Å². The van der Waals surface area contributed by atoms with Gasteiger partial charge >= 0.3 is 25.4 Å². The number of carbonyl (C=O) groups is 1. The molecule has 0 bridgehead atoms. The smallest absolute Gasteiger partial charge is 1.00 e. The summed E-state index contributed by atoms with van der Waals surface area (Å²) in [6.07, 6.45) is 0. The number of nitrogens with zero attached hydrogens (tertiary/aromatic N) is 1. The molecule has 0 aromatic heterocycles. The Kier molecular flexibility index (Phi) is 20.7. The number of rotatable bonds is 2. The van der Waals surface area contributed by atoms with E-state index in [4.69, 9.17) is 16.2 Å². The molecule has 12 heavy (non-hydrogen) atoms. The second-order valence-corrected chi connectivity index (χ2v) is 1.64. The van der Waals surface area contributed by atoms with Crippen LogP contribution in [0.4, 0.5) is 0 Å². The Labute approximate surface area is 95.8 Å². The summed E-state index contributed by atoms with van der Waals surface area (Å²) in [7, 11) is 1.44. The number of hydrogen-bond donors (Lipinski definition) is 3. The van der Waals surface area contributed by atoms with Gasteiger partial charge in [0, 0.05) is 7.05 Å². The van der Waals surface area contributed by atoms with Gasteiger partial charge < -0.3 is 40.6 Å². The van der Waals surface area contributed by atoms with Crippen molar-refractivity contribution >= 4 is 11.9 Å². The molecule has 0 aromatic carbocycles. The Hall–Kier alpha value is -0.0566. The molecule has 0 unspecified atom stereocenters. The number of nitrogens with two attached hydrogens (primary N) is 1. The fourth-order valence-electron chi connectivity index (χ4n) is 0.288. The molecular weight excluding hydrogens is 258 g/mol. The average Bonchev–Trinajstić information content (AvgIpc) is 1.63. The minimum Gasteiger partial charge on any atom is -1.00 e. The zero-order chi connectivity index (χ0) is 7.44. The van der Waals surface area contributed by atoms with E-state index in [-0.39, 0.29) is 56.8 Å². The molecule has 8 heteroatoms. The van der Waals surface area contributed by atoms with E-state index in [2.05, 4.69) is 0 Å². The average molecular weight is 267 g/mol. The number of carboxylic acids is 1. The maximum absolute atomic E-state index is 9.92. The van der Waals surface area contributed by atoms with Gasteiger partial charge in [-0.1, -0.05) is 0 Å². The SMILES string of the molecule is CN(CC(=O)O)C(=N)N.[Cl-].[Cl-].[Zn+2]. The van der Waals surface area contributed by atoms with Gasteiger partial charge in [-0.05, 0) is 0 Å². The van der Waals surface area contributed by atoms with Crippen LogP contribution >= 0.6 is 0 Å². The third-order valence-electron chi connectivity index (χ3n) is 0.784. The molecule has 0 spiro atoms. The van der Waals surface area contributed by atoms with Crippen molar-refractivity contribution in [3.63, 3.8) is 0 Å². The van der Waals surface area contributed by atoms with Crippen LogP contribution in [0.25, 0.3) is 0 Å². The molecule has 0 rings (SSSR count). The van der Waals surface area contributed by atoms with Gasteiger partial charge in [0.15, 0.2) is 5.96 Å². The summed E-state index contributed by atoms with van der Waals surface area (Å²) in [5.74, 6) is -1.23. The number of likely N-dealkylation sites (N-methyl/N-ethyl adjacent to an activating group) is 1. The maximum atomic E-state index is 9.92. The van der Waals surface area contributed by atoms with Crippen molar-refractivity contribution in [1.29, 1.82) is 5.41 Å². The van der Waals surface area contributed by atoms with Crippen LogP contribution in [0.1, 0.15) is 0 Å². The topological polar surface area (TPSA) is 90.4 Å². The number of halogens is 2. The summed E-state index contributed by atoms with van der Waals surface area (Å²) in [5.41, 5.74) is 4.93. The van der Waals surface area contributed by atoms with Gasteiger partial charge in [0.05, 0.1) is 0 Å². The van der Waals surface area contributed by atoms with Gasteiger partial charge in [-0.2, -0.15) is 0 Å². The monoisotopic (exact) mass is 265 g/mol. The van der Waals surface area contributed by atoms with Crippen molar-refractivity contribution in [2.24, 2.45) is 5.73 Å². The van der Waals surface area contributed by atoms with Crippen molar-refractivity contribution in [2.45, 2.75) is 0 Å². The summed E-state index contributed by atoms with van der Waals surface area (Å²) < 4.78 is 0. The standard InChI is InChI=1S/C4H9N3O2.2ClH.Zn/c1-7(4(5)6)2-3(8)9;;;/h2H2,1H3,(H3,5,6)(H,8,9);2*1H;/q;;;+2/p-2. The van der Waals surface area contributed by atoms with Gasteiger partial charge in [-0.3, -0.25) is 10.2 Å². The maximum Gasteiger partial charge on any atom is 2.00 e. The quantitative estimate of drug-likeness (QED) is 0.263. The van der Waals surface area contributed by atoms with Crippen LogP contribution in [-0.4, -0.2) is 35.5 Å². The van der Waals surface area contributed by atoms with E-state index in [9.17, 15) is 4.79 Å². The van der Waals surface area contributed by atoms with Crippen LogP contribution in [0.5, 0.6) is 0 Å². The number of aliphatic carboxylic acids is 1. The molecule has 0 aromatic rings. The normalized spacial score (nSPS) is 6.42. The molecule has 68 valence electrons. The largest absolute Gasteiger partial charge is 2.00 e. The third-order valence-corrected chi connectivity index (χ3v) is 0.784. The van der Waals surface area contributed by atoms with Crippen molar-refractivity contribution in [1.82, 2.24) is 4.90 Å². The molecule has 5 nitrogen and oxygen atoms in total. The first-order chi connectivity index (χ1) is 4.04. The first-order valence-corrected chi connectivity index (χ1v) is 2.31. The van der Waals surface area contributed by atoms with E-state index < -0.39 is 5.97 Å². The fraction of sp³-hybridized carbons (Fsp3) is 0.500. The van der Waals surface area contributed by atoms with Crippen LogP contribution in [-0.2, 0) is 24.3 Å². The third kappa shape index (κ3) is 12.6. The summed E-state index contributed by atoms with van der Waals surface area (Å²) in [4.78, 5) is 11.0.